The highest BCUT2D eigenvalue weighted by molar-refractivity contribution is 6.33. The molecular formula is C11H16ClNO. The van der Waals surface area contributed by atoms with Crippen LogP contribution in [0.25, 0.3) is 0 Å². The van der Waals surface area contributed by atoms with Crippen LogP contribution in [-0.4, -0.2) is 19.8 Å². The summed E-state index contributed by atoms with van der Waals surface area (Å²) in [6, 6.07) is 7.75. The van der Waals surface area contributed by atoms with Gasteiger partial charge in [0.15, 0.2) is 0 Å². The van der Waals surface area contributed by atoms with Gasteiger partial charge in [0.1, 0.15) is 0 Å². The fourth-order valence-corrected chi connectivity index (χ4v) is 1.35. The third-order valence-corrected chi connectivity index (χ3v) is 2.19. The first kappa shape index (κ1) is 11.3. The first-order valence-electron chi connectivity index (χ1n) is 4.90. The lowest BCUT2D eigenvalue weighted by Crippen LogP contribution is -2.05. The summed E-state index contributed by atoms with van der Waals surface area (Å²) in [5.41, 5.74) is 0.991. The number of rotatable bonds is 6. The van der Waals surface area contributed by atoms with E-state index < -0.39 is 0 Å². The molecule has 14 heavy (non-hydrogen) atoms. The summed E-state index contributed by atoms with van der Waals surface area (Å²) < 4.78 is 5.23. The first-order valence-corrected chi connectivity index (χ1v) is 5.28. The molecule has 78 valence electrons. The second kappa shape index (κ2) is 6.68. The van der Waals surface area contributed by atoms with Crippen molar-refractivity contribution >= 4 is 17.3 Å². The molecule has 0 saturated carbocycles. The zero-order chi connectivity index (χ0) is 10.2. The van der Waals surface area contributed by atoms with E-state index in [-0.39, 0.29) is 0 Å². The number of hydrogen-bond donors (Lipinski definition) is 1. The molecule has 0 bridgehead atoms. The average molecular weight is 214 g/mol. The second-order valence-corrected chi connectivity index (χ2v) is 3.36. The standard InChI is InChI=1S/C11H16ClNO/c1-2-14-9-5-8-13-11-7-4-3-6-10(11)12/h3-4,6-7,13H,2,5,8-9H2,1H3. The van der Waals surface area contributed by atoms with E-state index in [0.717, 1.165) is 36.9 Å². The number of hydrogen-bond acceptors (Lipinski definition) is 2. The second-order valence-electron chi connectivity index (χ2n) is 2.96. The van der Waals surface area contributed by atoms with Crippen molar-refractivity contribution in [3.63, 3.8) is 0 Å². The van der Waals surface area contributed by atoms with E-state index in [1.807, 2.05) is 31.2 Å². The molecule has 0 fully saturated rings. The maximum Gasteiger partial charge on any atom is 0.0637 e. The molecular weight excluding hydrogens is 198 g/mol. The van der Waals surface area contributed by atoms with Crippen LogP contribution in [0.3, 0.4) is 0 Å². The molecule has 1 aromatic carbocycles. The number of anilines is 1. The quantitative estimate of drug-likeness (QED) is 0.733. The summed E-state index contributed by atoms with van der Waals surface area (Å²) in [6.45, 7) is 4.48. The summed E-state index contributed by atoms with van der Waals surface area (Å²) in [5.74, 6) is 0. The van der Waals surface area contributed by atoms with Gasteiger partial charge in [-0.25, -0.2) is 0 Å². The summed E-state index contributed by atoms with van der Waals surface area (Å²) >= 11 is 5.97. The Morgan fingerprint density at radius 3 is 2.86 bits per heavy atom. The fraction of sp³-hybridized carbons (Fsp3) is 0.455. The van der Waals surface area contributed by atoms with Gasteiger partial charge in [-0.15, -0.1) is 0 Å². The van der Waals surface area contributed by atoms with Crippen molar-refractivity contribution in [1.29, 1.82) is 0 Å². The van der Waals surface area contributed by atoms with Gasteiger partial charge in [-0.05, 0) is 25.5 Å². The molecule has 0 amide bonds. The van der Waals surface area contributed by atoms with Crippen molar-refractivity contribution in [1.82, 2.24) is 0 Å². The lowest BCUT2D eigenvalue weighted by atomic mass is 10.3. The molecule has 0 saturated heterocycles. The minimum absolute atomic E-state index is 0.768. The topological polar surface area (TPSA) is 21.3 Å². The van der Waals surface area contributed by atoms with Crippen molar-refractivity contribution < 1.29 is 4.74 Å². The van der Waals surface area contributed by atoms with Crippen molar-refractivity contribution in [3.8, 4) is 0 Å². The Morgan fingerprint density at radius 2 is 2.14 bits per heavy atom. The fourth-order valence-electron chi connectivity index (χ4n) is 1.15. The Labute approximate surface area is 90.2 Å². The molecule has 0 heterocycles. The highest BCUT2D eigenvalue weighted by Gasteiger charge is 1.96. The third kappa shape index (κ3) is 3.99. The van der Waals surface area contributed by atoms with Crippen molar-refractivity contribution in [3.05, 3.63) is 29.3 Å². The summed E-state index contributed by atoms with van der Waals surface area (Å²) in [4.78, 5) is 0. The first-order chi connectivity index (χ1) is 6.84. The zero-order valence-corrected chi connectivity index (χ0v) is 9.18. The van der Waals surface area contributed by atoms with Crippen LogP contribution < -0.4 is 5.32 Å². The van der Waals surface area contributed by atoms with Gasteiger partial charge in [0.05, 0.1) is 10.7 Å². The summed E-state index contributed by atoms with van der Waals surface area (Å²) in [6.07, 6.45) is 0.999. The molecule has 0 unspecified atom stereocenters. The van der Waals surface area contributed by atoms with Gasteiger partial charge in [0, 0.05) is 19.8 Å². The van der Waals surface area contributed by atoms with Gasteiger partial charge in [-0.3, -0.25) is 0 Å². The molecule has 1 rings (SSSR count). The maximum absolute atomic E-state index is 5.97. The Morgan fingerprint density at radius 1 is 1.36 bits per heavy atom. The van der Waals surface area contributed by atoms with Gasteiger partial charge in [0.25, 0.3) is 0 Å². The van der Waals surface area contributed by atoms with Gasteiger partial charge in [-0.1, -0.05) is 23.7 Å². The minimum Gasteiger partial charge on any atom is -0.384 e. The lowest BCUT2D eigenvalue weighted by Gasteiger charge is -2.07. The van der Waals surface area contributed by atoms with Gasteiger partial charge in [0.2, 0.25) is 0 Å². The molecule has 0 aromatic heterocycles. The highest BCUT2D eigenvalue weighted by Crippen LogP contribution is 2.19. The molecule has 0 atom stereocenters. The van der Waals surface area contributed by atoms with E-state index in [2.05, 4.69) is 5.32 Å². The minimum atomic E-state index is 0.768. The van der Waals surface area contributed by atoms with Crippen molar-refractivity contribution in [2.45, 2.75) is 13.3 Å². The molecule has 0 aliphatic rings. The predicted molar refractivity (Wildman–Crippen MR) is 61.1 cm³/mol. The average Bonchev–Trinajstić information content (AvgIpc) is 2.20. The van der Waals surface area contributed by atoms with Gasteiger partial charge in [-0.2, -0.15) is 0 Å². The van der Waals surface area contributed by atoms with Crippen LogP contribution in [0.5, 0.6) is 0 Å². The molecule has 1 aromatic rings. The molecule has 3 heteroatoms. The largest absolute Gasteiger partial charge is 0.384 e. The number of benzene rings is 1. The van der Waals surface area contributed by atoms with Crippen LogP contribution >= 0.6 is 11.6 Å². The molecule has 1 N–H and O–H groups in total. The van der Waals surface area contributed by atoms with Crippen LogP contribution in [0, 0.1) is 0 Å². The van der Waals surface area contributed by atoms with Crippen molar-refractivity contribution in [2.75, 3.05) is 25.1 Å². The van der Waals surface area contributed by atoms with E-state index in [4.69, 9.17) is 16.3 Å². The Balaban J connectivity index is 2.21. The van der Waals surface area contributed by atoms with Crippen LogP contribution in [0.2, 0.25) is 5.02 Å². The molecule has 0 aliphatic heterocycles. The van der Waals surface area contributed by atoms with E-state index in [0.29, 0.717) is 0 Å². The summed E-state index contributed by atoms with van der Waals surface area (Å²) in [7, 11) is 0. The Hall–Kier alpha value is -0.730. The molecule has 0 radical (unpaired) electrons. The lowest BCUT2D eigenvalue weighted by molar-refractivity contribution is 0.147. The number of halogens is 1. The van der Waals surface area contributed by atoms with Gasteiger partial charge >= 0.3 is 0 Å². The highest BCUT2D eigenvalue weighted by atomic mass is 35.5. The Bertz CT molecular complexity index is 265. The normalized spacial score (nSPS) is 10.1. The SMILES string of the molecule is CCOCCCNc1ccccc1Cl. The smallest absolute Gasteiger partial charge is 0.0637 e. The number of para-hydroxylation sites is 1. The monoisotopic (exact) mass is 213 g/mol. The van der Waals surface area contributed by atoms with Gasteiger partial charge < -0.3 is 10.1 Å². The maximum atomic E-state index is 5.97. The van der Waals surface area contributed by atoms with Crippen molar-refractivity contribution in [2.24, 2.45) is 0 Å². The number of nitrogens with one attached hydrogen (secondary N) is 1. The van der Waals surface area contributed by atoms with Crippen LogP contribution in [0.4, 0.5) is 5.69 Å². The Kier molecular flexibility index (Phi) is 5.42. The number of ether oxygens (including phenoxy) is 1. The van der Waals surface area contributed by atoms with Crippen LogP contribution in [0.15, 0.2) is 24.3 Å². The van der Waals surface area contributed by atoms with E-state index in [1.165, 1.54) is 0 Å². The van der Waals surface area contributed by atoms with E-state index in [1.54, 1.807) is 0 Å². The summed E-state index contributed by atoms with van der Waals surface area (Å²) in [5, 5.41) is 4.03. The molecule has 0 aliphatic carbocycles. The molecule has 2 nitrogen and oxygen atoms in total. The zero-order valence-electron chi connectivity index (χ0n) is 8.42. The van der Waals surface area contributed by atoms with Crippen LogP contribution in [0.1, 0.15) is 13.3 Å². The molecule has 0 spiro atoms. The van der Waals surface area contributed by atoms with E-state index in [9.17, 15) is 0 Å². The van der Waals surface area contributed by atoms with Crippen LogP contribution in [-0.2, 0) is 4.74 Å². The predicted octanol–water partition coefficient (Wildman–Crippen LogP) is 3.18. The third-order valence-electron chi connectivity index (χ3n) is 1.86. The van der Waals surface area contributed by atoms with E-state index >= 15 is 0 Å².